The largest absolute Gasteiger partial charge is 0.495 e. The van der Waals surface area contributed by atoms with Crippen molar-refractivity contribution < 1.29 is 15.0 Å². The van der Waals surface area contributed by atoms with Crippen molar-refractivity contribution in [1.29, 1.82) is 0 Å². The standard InChI is InChI=1S/C6H4BCl2NO4/c8-3-1-4(7(11)12)6(10(13)14)5(9)2-3/h1-2,11-12H. The minimum Gasteiger partial charge on any atom is -0.423 e. The van der Waals surface area contributed by atoms with Crippen LogP contribution in [0.1, 0.15) is 0 Å². The van der Waals surface area contributed by atoms with Crippen LogP contribution in [-0.2, 0) is 0 Å². The highest BCUT2D eigenvalue weighted by Crippen LogP contribution is 2.25. The highest BCUT2D eigenvalue weighted by Gasteiger charge is 2.27. The molecule has 1 aromatic carbocycles. The number of nitro benzene ring substituents is 1. The van der Waals surface area contributed by atoms with Gasteiger partial charge in [-0.3, -0.25) is 10.1 Å². The van der Waals surface area contributed by atoms with Gasteiger partial charge in [-0.05, 0) is 12.1 Å². The summed E-state index contributed by atoms with van der Waals surface area (Å²) in [6, 6.07) is 2.24. The van der Waals surface area contributed by atoms with Gasteiger partial charge in [0.25, 0.3) is 5.69 Å². The Morgan fingerprint density at radius 2 is 1.93 bits per heavy atom. The van der Waals surface area contributed by atoms with Gasteiger partial charge < -0.3 is 10.0 Å². The van der Waals surface area contributed by atoms with Crippen LogP contribution in [0, 0.1) is 10.1 Å². The molecule has 1 aromatic rings. The number of benzene rings is 1. The molecule has 0 aliphatic rings. The molecule has 0 aromatic heterocycles. The number of nitro groups is 1. The van der Waals surface area contributed by atoms with Crippen molar-refractivity contribution in [2.75, 3.05) is 0 Å². The molecule has 1 rings (SSSR count). The fourth-order valence-electron chi connectivity index (χ4n) is 0.975. The maximum absolute atomic E-state index is 10.5. The van der Waals surface area contributed by atoms with E-state index in [4.69, 9.17) is 33.2 Å². The van der Waals surface area contributed by atoms with Crippen molar-refractivity contribution in [3.8, 4) is 0 Å². The molecule has 0 bridgehead atoms. The molecule has 14 heavy (non-hydrogen) atoms. The smallest absolute Gasteiger partial charge is 0.423 e. The maximum Gasteiger partial charge on any atom is 0.495 e. The molecule has 74 valence electrons. The van der Waals surface area contributed by atoms with Gasteiger partial charge in [-0.15, -0.1) is 0 Å². The second-order valence-electron chi connectivity index (χ2n) is 2.46. The van der Waals surface area contributed by atoms with Crippen LogP contribution in [0.2, 0.25) is 10.0 Å². The summed E-state index contributed by atoms with van der Waals surface area (Å²) in [4.78, 5) is 9.72. The molecular weight excluding hydrogens is 232 g/mol. The zero-order valence-electron chi connectivity index (χ0n) is 6.65. The lowest BCUT2D eigenvalue weighted by atomic mass is 9.79. The van der Waals surface area contributed by atoms with Gasteiger partial charge in [0.15, 0.2) is 0 Å². The minimum atomic E-state index is -1.98. The summed E-state index contributed by atoms with van der Waals surface area (Å²) < 4.78 is 0. The summed E-state index contributed by atoms with van der Waals surface area (Å²) in [6.45, 7) is 0. The van der Waals surface area contributed by atoms with Gasteiger partial charge in [0.2, 0.25) is 0 Å². The number of hydrogen-bond donors (Lipinski definition) is 2. The quantitative estimate of drug-likeness (QED) is 0.446. The average molecular weight is 236 g/mol. The summed E-state index contributed by atoms with van der Waals surface area (Å²) in [7, 11) is -1.98. The molecule has 0 amide bonds. The van der Waals surface area contributed by atoms with Gasteiger partial charge in [0.1, 0.15) is 5.02 Å². The van der Waals surface area contributed by atoms with Gasteiger partial charge in [-0.25, -0.2) is 0 Å². The van der Waals surface area contributed by atoms with Gasteiger partial charge in [-0.2, -0.15) is 0 Å². The van der Waals surface area contributed by atoms with Gasteiger partial charge in [0, 0.05) is 5.02 Å². The van der Waals surface area contributed by atoms with Crippen molar-refractivity contribution >= 4 is 41.5 Å². The third kappa shape index (κ3) is 2.16. The van der Waals surface area contributed by atoms with Crippen LogP contribution in [0.5, 0.6) is 0 Å². The Labute approximate surface area is 89.2 Å². The fraction of sp³-hybridized carbons (Fsp3) is 0. The second kappa shape index (κ2) is 4.14. The first-order valence-corrected chi connectivity index (χ1v) is 4.18. The molecular formula is C6H4BCl2NO4. The molecule has 0 aliphatic heterocycles. The molecule has 0 radical (unpaired) electrons. The first-order valence-electron chi connectivity index (χ1n) is 3.43. The normalized spacial score (nSPS) is 10.0. The first-order chi connectivity index (χ1) is 6.43. The molecule has 2 N–H and O–H groups in total. The van der Waals surface area contributed by atoms with Crippen molar-refractivity contribution in [3.63, 3.8) is 0 Å². The van der Waals surface area contributed by atoms with Crippen molar-refractivity contribution in [3.05, 3.63) is 32.3 Å². The zero-order chi connectivity index (χ0) is 10.9. The summed E-state index contributed by atoms with van der Waals surface area (Å²) in [5, 5.41) is 28.1. The summed E-state index contributed by atoms with van der Waals surface area (Å²) >= 11 is 11.1. The predicted molar refractivity (Wildman–Crippen MR) is 52.9 cm³/mol. The van der Waals surface area contributed by atoms with E-state index in [0.29, 0.717) is 0 Å². The molecule has 0 unspecified atom stereocenters. The number of halogens is 2. The van der Waals surface area contributed by atoms with Crippen molar-refractivity contribution in [1.82, 2.24) is 0 Å². The van der Waals surface area contributed by atoms with Gasteiger partial charge >= 0.3 is 7.12 Å². The van der Waals surface area contributed by atoms with E-state index >= 15 is 0 Å². The van der Waals surface area contributed by atoms with Crippen molar-refractivity contribution in [2.45, 2.75) is 0 Å². The highest BCUT2D eigenvalue weighted by atomic mass is 35.5. The van der Waals surface area contributed by atoms with Gasteiger partial charge in [-0.1, -0.05) is 23.2 Å². The van der Waals surface area contributed by atoms with E-state index in [1.165, 1.54) is 0 Å². The summed E-state index contributed by atoms with van der Waals surface area (Å²) in [5.74, 6) is 0. The van der Waals surface area contributed by atoms with E-state index in [9.17, 15) is 10.1 Å². The van der Waals surface area contributed by atoms with Crippen LogP contribution < -0.4 is 5.46 Å². The van der Waals surface area contributed by atoms with E-state index in [0.717, 1.165) is 12.1 Å². The number of nitrogens with zero attached hydrogens (tertiary/aromatic N) is 1. The topological polar surface area (TPSA) is 83.6 Å². The van der Waals surface area contributed by atoms with Gasteiger partial charge in [0.05, 0.1) is 10.4 Å². The molecule has 0 fully saturated rings. The zero-order valence-corrected chi connectivity index (χ0v) is 8.16. The van der Waals surface area contributed by atoms with Crippen LogP contribution in [0.4, 0.5) is 5.69 Å². The van der Waals surface area contributed by atoms with Crippen LogP contribution in [-0.4, -0.2) is 22.1 Å². The van der Waals surface area contributed by atoms with Crippen molar-refractivity contribution in [2.24, 2.45) is 0 Å². The summed E-state index contributed by atoms with van der Waals surface area (Å²) in [6.07, 6.45) is 0. The Morgan fingerprint density at radius 3 is 2.36 bits per heavy atom. The van der Waals surface area contributed by atoms with E-state index < -0.39 is 17.7 Å². The molecule has 0 saturated carbocycles. The van der Waals surface area contributed by atoms with Crippen LogP contribution in [0.25, 0.3) is 0 Å². The minimum absolute atomic E-state index is 0.101. The Morgan fingerprint density at radius 1 is 1.36 bits per heavy atom. The first kappa shape index (κ1) is 11.3. The monoisotopic (exact) mass is 235 g/mol. The van der Waals surface area contributed by atoms with E-state index in [2.05, 4.69) is 0 Å². The Bertz CT molecular complexity index is 384. The third-order valence-electron chi connectivity index (χ3n) is 1.52. The SMILES string of the molecule is O=[N+]([O-])c1c(Cl)cc(Cl)cc1B(O)O. The molecule has 0 saturated heterocycles. The average Bonchev–Trinajstić information content (AvgIpc) is 2.01. The number of hydrogen-bond acceptors (Lipinski definition) is 4. The molecule has 0 aliphatic carbocycles. The Kier molecular flexibility index (Phi) is 3.33. The lowest BCUT2D eigenvalue weighted by Gasteiger charge is -2.03. The predicted octanol–water partition coefficient (Wildman–Crippen LogP) is 0.581. The highest BCUT2D eigenvalue weighted by molar-refractivity contribution is 6.61. The van der Waals surface area contributed by atoms with E-state index in [1.807, 2.05) is 0 Å². The fourth-order valence-corrected chi connectivity index (χ4v) is 1.55. The molecule has 5 nitrogen and oxygen atoms in total. The second-order valence-corrected chi connectivity index (χ2v) is 3.30. The van der Waals surface area contributed by atoms with Crippen LogP contribution in [0.15, 0.2) is 12.1 Å². The van der Waals surface area contributed by atoms with E-state index in [1.54, 1.807) is 0 Å². The molecule has 0 heterocycles. The third-order valence-corrected chi connectivity index (χ3v) is 2.02. The van der Waals surface area contributed by atoms with E-state index in [-0.39, 0.29) is 15.5 Å². The maximum atomic E-state index is 10.5. The molecule has 0 atom stereocenters. The van der Waals surface area contributed by atoms with Crippen LogP contribution in [0.3, 0.4) is 0 Å². The Balaban J connectivity index is 3.44. The number of rotatable bonds is 2. The molecule has 8 heteroatoms. The lowest BCUT2D eigenvalue weighted by molar-refractivity contribution is -0.383. The summed E-state index contributed by atoms with van der Waals surface area (Å²) in [5.41, 5.74) is -0.876. The Hall–Kier alpha value is -0.815. The lowest BCUT2D eigenvalue weighted by Crippen LogP contribution is -2.32. The van der Waals surface area contributed by atoms with Crippen LogP contribution >= 0.6 is 23.2 Å². The molecule has 0 spiro atoms.